The number of esters is 1. The molecule has 0 atom stereocenters. The molecule has 0 fully saturated rings. The molecule has 0 bridgehead atoms. The van der Waals surface area contributed by atoms with Crippen LogP contribution in [0.25, 0.3) is 16.6 Å². The van der Waals surface area contributed by atoms with Gasteiger partial charge in [-0.15, -0.1) is 4.57 Å². The zero-order chi connectivity index (χ0) is 13.9. The standard InChI is InChI=1S/C17H14NO2/c1-20-17(19)16-12-11-13-7-5-6-10-15(13)18(16)14-8-3-2-4-9-14/h2-12H,1H3/q+1. The Morgan fingerprint density at radius 2 is 1.60 bits per heavy atom. The summed E-state index contributed by atoms with van der Waals surface area (Å²) in [6, 6.07) is 21.5. The Bertz CT molecular complexity index is 766. The molecular weight excluding hydrogens is 250 g/mol. The maximum absolute atomic E-state index is 12.0. The van der Waals surface area contributed by atoms with Crippen LogP contribution in [0.3, 0.4) is 0 Å². The highest BCUT2D eigenvalue weighted by molar-refractivity contribution is 5.88. The molecule has 98 valence electrons. The largest absolute Gasteiger partial charge is 0.461 e. The van der Waals surface area contributed by atoms with Gasteiger partial charge in [-0.05, 0) is 12.1 Å². The van der Waals surface area contributed by atoms with E-state index in [0.29, 0.717) is 5.69 Å². The van der Waals surface area contributed by atoms with Crippen molar-refractivity contribution in [3.8, 4) is 5.69 Å². The van der Waals surface area contributed by atoms with Gasteiger partial charge in [0.1, 0.15) is 0 Å². The van der Waals surface area contributed by atoms with Gasteiger partial charge in [0.05, 0.1) is 7.11 Å². The highest BCUT2D eigenvalue weighted by Gasteiger charge is 2.24. The van der Waals surface area contributed by atoms with Crippen LogP contribution in [0.15, 0.2) is 66.7 Å². The van der Waals surface area contributed by atoms with E-state index in [9.17, 15) is 4.79 Å². The lowest BCUT2D eigenvalue weighted by molar-refractivity contribution is -0.570. The van der Waals surface area contributed by atoms with Gasteiger partial charge in [0, 0.05) is 29.7 Å². The quantitative estimate of drug-likeness (QED) is 0.526. The normalized spacial score (nSPS) is 10.4. The third-order valence-corrected chi connectivity index (χ3v) is 3.25. The van der Waals surface area contributed by atoms with Crippen molar-refractivity contribution in [1.82, 2.24) is 0 Å². The molecule has 2 aromatic carbocycles. The number of methoxy groups -OCH3 is 1. The number of rotatable bonds is 2. The molecule has 0 unspecified atom stereocenters. The highest BCUT2D eigenvalue weighted by Crippen LogP contribution is 2.14. The second-order valence-electron chi connectivity index (χ2n) is 4.44. The van der Waals surface area contributed by atoms with Crippen LogP contribution >= 0.6 is 0 Å². The summed E-state index contributed by atoms with van der Waals surface area (Å²) >= 11 is 0. The number of hydrogen-bond donors (Lipinski definition) is 0. The highest BCUT2D eigenvalue weighted by atomic mass is 16.5. The minimum absolute atomic E-state index is 0.348. The molecule has 3 rings (SSSR count). The number of benzene rings is 2. The average molecular weight is 264 g/mol. The molecule has 0 aliphatic rings. The number of carbonyl (C=O) groups is 1. The predicted molar refractivity (Wildman–Crippen MR) is 76.8 cm³/mol. The molecule has 3 aromatic rings. The summed E-state index contributed by atoms with van der Waals surface area (Å²) in [5.74, 6) is -0.348. The summed E-state index contributed by atoms with van der Waals surface area (Å²) < 4.78 is 6.81. The zero-order valence-corrected chi connectivity index (χ0v) is 11.1. The molecule has 3 heteroatoms. The van der Waals surface area contributed by atoms with E-state index in [1.54, 1.807) is 6.07 Å². The molecule has 0 spiro atoms. The van der Waals surface area contributed by atoms with E-state index < -0.39 is 0 Å². The number of para-hydroxylation sites is 2. The first kappa shape index (κ1) is 12.4. The maximum Gasteiger partial charge on any atom is 0.403 e. The number of ether oxygens (including phenoxy) is 1. The summed E-state index contributed by atoms with van der Waals surface area (Å²) in [6.45, 7) is 0. The van der Waals surface area contributed by atoms with Crippen molar-refractivity contribution in [1.29, 1.82) is 0 Å². The Balaban J connectivity index is 2.38. The van der Waals surface area contributed by atoms with Gasteiger partial charge in [0.15, 0.2) is 0 Å². The lowest BCUT2D eigenvalue weighted by Gasteiger charge is -2.05. The van der Waals surface area contributed by atoms with E-state index in [1.165, 1.54) is 7.11 Å². The molecule has 1 heterocycles. The van der Waals surface area contributed by atoms with Crippen molar-refractivity contribution in [2.75, 3.05) is 7.11 Å². The van der Waals surface area contributed by atoms with Crippen molar-refractivity contribution >= 4 is 16.9 Å². The molecule has 0 N–H and O–H groups in total. The van der Waals surface area contributed by atoms with Crippen LogP contribution in [0, 0.1) is 0 Å². The van der Waals surface area contributed by atoms with Crippen LogP contribution in [0.1, 0.15) is 10.5 Å². The Labute approximate surface area is 117 Å². The van der Waals surface area contributed by atoms with Gasteiger partial charge in [0.25, 0.3) is 5.69 Å². The second-order valence-corrected chi connectivity index (χ2v) is 4.44. The fraction of sp³-hybridized carbons (Fsp3) is 0.0588. The molecule has 0 saturated heterocycles. The van der Waals surface area contributed by atoms with Crippen molar-refractivity contribution in [2.45, 2.75) is 0 Å². The molecule has 0 aliphatic carbocycles. The summed E-state index contributed by atoms with van der Waals surface area (Å²) in [7, 11) is 1.40. The molecule has 0 saturated carbocycles. The number of carbonyl (C=O) groups excluding carboxylic acids is 1. The van der Waals surface area contributed by atoms with Crippen molar-refractivity contribution in [3.63, 3.8) is 0 Å². The molecule has 1 aromatic heterocycles. The van der Waals surface area contributed by atoms with E-state index in [1.807, 2.05) is 65.2 Å². The third kappa shape index (κ3) is 2.03. The second kappa shape index (κ2) is 5.13. The summed E-state index contributed by atoms with van der Waals surface area (Å²) in [4.78, 5) is 12.0. The lowest BCUT2D eigenvalue weighted by atomic mass is 10.1. The molecule has 20 heavy (non-hydrogen) atoms. The smallest absolute Gasteiger partial charge is 0.403 e. The Hall–Kier alpha value is -2.68. The Kier molecular flexibility index (Phi) is 3.17. The van der Waals surface area contributed by atoms with Crippen molar-refractivity contribution in [2.24, 2.45) is 0 Å². The van der Waals surface area contributed by atoms with Crippen LogP contribution in [-0.2, 0) is 4.74 Å². The van der Waals surface area contributed by atoms with Gasteiger partial charge in [0.2, 0.25) is 11.2 Å². The van der Waals surface area contributed by atoms with E-state index in [-0.39, 0.29) is 5.97 Å². The van der Waals surface area contributed by atoms with Gasteiger partial charge in [-0.2, -0.15) is 0 Å². The van der Waals surface area contributed by atoms with Crippen LogP contribution in [-0.4, -0.2) is 13.1 Å². The van der Waals surface area contributed by atoms with Gasteiger partial charge < -0.3 is 4.74 Å². The molecular formula is C17H14NO2+. The summed E-state index contributed by atoms with van der Waals surface area (Å²) in [6.07, 6.45) is 0. The molecule has 0 radical (unpaired) electrons. The summed E-state index contributed by atoms with van der Waals surface area (Å²) in [5.41, 5.74) is 2.42. The minimum atomic E-state index is -0.348. The van der Waals surface area contributed by atoms with Crippen LogP contribution in [0.4, 0.5) is 0 Å². The first-order chi connectivity index (χ1) is 9.81. The van der Waals surface area contributed by atoms with E-state index in [2.05, 4.69) is 0 Å². The van der Waals surface area contributed by atoms with Crippen LogP contribution < -0.4 is 4.57 Å². The zero-order valence-electron chi connectivity index (χ0n) is 11.1. The van der Waals surface area contributed by atoms with Gasteiger partial charge in [-0.1, -0.05) is 30.3 Å². The van der Waals surface area contributed by atoms with E-state index >= 15 is 0 Å². The molecule has 0 amide bonds. The number of hydrogen-bond acceptors (Lipinski definition) is 2. The van der Waals surface area contributed by atoms with Crippen LogP contribution in [0.5, 0.6) is 0 Å². The first-order valence-corrected chi connectivity index (χ1v) is 6.39. The Morgan fingerprint density at radius 3 is 2.35 bits per heavy atom. The van der Waals surface area contributed by atoms with Gasteiger partial charge >= 0.3 is 5.97 Å². The number of nitrogens with zero attached hydrogens (tertiary/aromatic N) is 1. The molecule has 3 nitrogen and oxygen atoms in total. The fourth-order valence-electron chi connectivity index (χ4n) is 2.32. The van der Waals surface area contributed by atoms with Gasteiger partial charge in [-0.25, -0.2) is 4.79 Å². The number of fused-ring (bicyclic) bond motifs is 1. The molecule has 0 aliphatic heterocycles. The first-order valence-electron chi connectivity index (χ1n) is 6.39. The lowest BCUT2D eigenvalue weighted by Crippen LogP contribution is -2.39. The predicted octanol–water partition coefficient (Wildman–Crippen LogP) is 2.90. The fourth-order valence-corrected chi connectivity index (χ4v) is 2.32. The summed E-state index contributed by atoms with van der Waals surface area (Å²) in [5, 5.41) is 1.07. The van der Waals surface area contributed by atoms with Crippen LogP contribution in [0.2, 0.25) is 0 Å². The topological polar surface area (TPSA) is 30.2 Å². The van der Waals surface area contributed by atoms with Crippen molar-refractivity contribution < 1.29 is 14.1 Å². The monoisotopic (exact) mass is 264 g/mol. The van der Waals surface area contributed by atoms with E-state index in [4.69, 9.17) is 4.74 Å². The van der Waals surface area contributed by atoms with Gasteiger partial charge in [-0.3, -0.25) is 0 Å². The Morgan fingerprint density at radius 1 is 0.900 bits per heavy atom. The maximum atomic E-state index is 12.0. The number of aromatic nitrogens is 1. The SMILES string of the molecule is COC(=O)c1ccc2ccccc2[n+]1-c1ccccc1. The van der Waals surface area contributed by atoms with E-state index in [0.717, 1.165) is 16.6 Å². The number of pyridine rings is 1. The van der Waals surface area contributed by atoms with Crippen molar-refractivity contribution in [3.05, 3.63) is 72.4 Å². The average Bonchev–Trinajstić information content (AvgIpc) is 2.53. The minimum Gasteiger partial charge on any atom is -0.461 e. The third-order valence-electron chi connectivity index (χ3n) is 3.25.